The molecule has 0 unspecified atom stereocenters. The van der Waals surface area contributed by atoms with E-state index in [9.17, 15) is 10.2 Å². The van der Waals surface area contributed by atoms with Crippen LogP contribution >= 0.6 is 0 Å². The van der Waals surface area contributed by atoms with Crippen LogP contribution in [0, 0.1) is 0 Å². The third-order valence-corrected chi connectivity index (χ3v) is 5.38. The molecular weight excluding hydrogens is 372 g/mol. The Morgan fingerprint density at radius 1 is 0.600 bits per heavy atom. The van der Waals surface area contributed by atoms with Crippen molar-refractivity contribution in [3.05, 3.63) is 103 Å². The lowest BCUT2D eigenvalue weighted by Gasteiger charge is -2.17. The average Bonchev–Trinajstić information content (AvgIpc) is 2.79. The number of fused-ring (bicyclic) bond motifs is 2. The molecular formula is C27H20O3. The Labute approximate surface area is 174 Å². The SMILES string of the molecule is Oc1ccc2ccccc2c1-c1c(O)c(OCc2ccccc2)cc2ccccc12. The highest BCUT2D eigenvalue weighted by atomic mass is 16.5. The average molecular weight is 392 g/mol. The van der Waals surface area contributed by atoms with E-state index in [2.05, 4.69) is 0 Å². The number of phenols is 2. The maximum Gasteiger partial charge on any atom is 0.166 e. The first-order chi connectivity index (χ1) is 14.7. The van der Waals surface area contributed by atoms with Crippen molar-refractivity contribution in [2.45, 2.75) is 6.61 Å². The van der Waals surface area contributed by atoms with Crippen molar-refractivity contribution in [3.8, 4) is 28.4 Å². The molecule has 0 fully saturated rings. The molecule has 5 aromatic rings. The Morgan fingerprint density at radius 3 is 2.00 bits per heavy atom. The summed E-state index contributed by atoms with van der Waals surface area (Å²) in [7, 11) is 0. The molecule has 0 atom stereocenters. The summed E-state index contributed by atoms with van der Waals surface area (Å²) >= 11 is 0. The maximum absolute atomic E-state index is 11.3. The second-order valence-corrected chi connectivity index (χ2v) is 7.27. The van der Waals surface area contributed by atoms with Gasteiger partial charge in [0.2, 0.25) is 0 Å². The largest absolute Gasteiger partial charge is 0.507 e. The van der Waals surface area contributed by atoms with Crippen LogP contribution in [0.4, 0.5) is 0 Å². The molecule has 5 rings (SSSR count). The van der Waals surface area contributed by atoms with E-state index < -0.39 is 0 Å². The van der Waals surface area contributed by atoms with Crippen LogP contribution in [0.5, 0.6) is 17.2 Å². The molecule has 30 heavy (non-hydrogen) atoms. The van der Waals surface area contributed by atoms with Crippen molar-refractivity contribution in [2.24, 2.45) is 0 Å². The highest BCUT2D eigenvalue weighted by molar-refractivity contribution is 6.10. The molecule has 3 heteroatoms. The highest BCUT2D eigenvalue weighted by Crippen LogP contribution is 2.48. The first-order valence-electron chi connectivity index (χ1n) is 9.85. The zero-order valence-electron chi connectivity index (χ0n) is 16.2. The Morgan fingerprint density at radius 2 is 1.23 bits per heavy atom. The third-order valence-electron chi connectivity index (χ3n) is 5.38. The second kappa shape index (κ2) is 7.45. The van der Waals surface area contributed by atoms with Gasteiger partial charge in [0.25, 0.3) is 0 Å². The fourth-order valence-corrected chi connectivity index (χ4v) is 3.93. The van der Waals surface area contributed by atoms with E-state index >= 15 is 0 Å². The van der Waals surface area contributed by atoms with Crippen molar-refractivity contribution in [1.82, 2.24) is 0 Å². The highest BCUT2D eigenvalue weighted by Gasteiger charge is 2.20. The fourth-order valence-electron chi connectivity index (χ4n) is 3.93. The molecule has 5 aromatic carbocycles. The number of rotatable bonds is 4. The fraction of sp³-hybridized carbons (Fsp3) is 0.0370. The van der Waals surface area contributed by atoms with E-state index in [0.717, 1.165) is 27.1 Å². The first kappa shape index (κ1) is 18.1. The van der Waals surface area contributed by atoms with E-state index in [1.54, 1.807) is 6.07 Å². The minimum absolute atomic E-state index is 0.0243. The standard InChI is InChI=1S/C27H20O3/c28-23-15-14-19-10-4-6-12-21(19)25(23)26-22-13-7-5-11-20(22)16-24(27(26)29)30-17-18-8-2-1-3-9-18/h1-16,28-29H,17H2. The Hall–Kier alpha value is -3.98. The van der Waals surface area contributed by atoms with Gasteiger partial charge in [0.05, 0.1) is 0 Å². The Bertz CT molecular complexity index is 1360. The molecule has 0 heterocycles. The van der Waals surface area contributed by atoms with Gasteiger partial charge in [-0.25, -0.2) is 0 Å². The van der Waals surface area contributed by atoms with Gasteiger partial charge in [-0.1, -0.05) is 84.9 Å². The van der Waals surface area contributed by atoms with Crippen LogP contribution in [0.1, 0.15) is 5.56 Å². The molecule has 0 spiro atoms. The molecule has 2 N–H and O–H groups in total. The minimum Gasteiger partial charge on any atom is -0.507 e. The minimum atomic E-state index is 0.0243. The number of aromatic hydroxyl groups is 2. The smallest absolute Gasteiger partial charge is 0.166 e. The normalized spacial score (nSPS) is 11.1. The Balaban J connectivity index is 1.74. The lowest BCUT2D eigenvalue weighted by atomic mass is 9.92. The summed E-state index contributed by atoms with van der Waals surface area (Å²) in [5.74, 6) is 0.533. The van der Waals surface area contributed by atoms with Gasteiger partial charge in [-0.15, -0.1) is 0 Å². The molecule has 0 aliphatic heterocycles. The van der Waals surface area contributed by atoms with Crippen LogP contribution in [0.3, 0.4) is 0 Å². The zero-order valence-corrected chi connectivity index (χ0v) is 16.2. The summed E-state index contributed by atoms with van der Waals surface area (Å²) in [4.78, 5) is 0. The first-order valence-corrected chi connectivity index (χ1v) is 9.85. The van der Waals surface area contributed by atoms with Crippen molar-refractivity contribution >= 4 is 21.5 Å². The van der Waals surface area contributed by atoms with Crippen molar-refractivity contribution in [1.29, 1.82) is 0 Å². The van der Waals surface area contributed by atoms with Crippen LogP contribution in [0.15, 0.2) is 97.1 Å². The summed E-state index contributed by atoms with van der Waals surface area (Å²) in [6.07, 6.45) is 0. The van der Waals surface area contributed by atoms with Gasteiger partial charge in [0.1, 0.15) is 12.4 Å². The molecule has 0 aliphatic carbocycles. The van der Waals surface area contributed by atoms with E-state index in [0.29, 0.717) is 23.5 Å². The number of benzene rings is 5. The molecule has 146 valence electrons. The van der Waals surface area contributed by atoms with Gasteiger partial charge in [-0.3, -0.25) is 0 Å². The third kappa shape index (κ3) is 3.11. The van der Waals surface area contributed by atoms with Gasteiger partial charge in [-0.05, 0) is 39.2 Å². The number of hydrogen-bond donors (Lipinski definition) is 2. The van der Waals surface area contributed by atoms with Gasteiger partial charge < -0.3 is 14.9 Å². The van der Waals surface area contributed by atoms with Gasteiger partial charge in [0.15, 0.2) is 11.5 Å². The summed E-state index contributed by atoms with van der Waals surface area (Å²) in [6.45, 7) is 0.341. The molecule has 0 radical (unpaired) electrons. The van der Waals surface area contributed by atoms with Gasteiger partial charge in [0, 0.05) is 11.1 Å². The van der Waals surface area contributed by atoms with E-state index in [1.165, 1.54) is 0 Å². The van der Waals surface area contributed by atoms with E-state index in [1.807, 2.05) is 91.0 Å². The summed E-state index contributed by atoms with van der Waals surface area (Å²) in [5.41, 5.74) is 2.19. The van der Waals surface area contributed by atoms with Crippen molar-refractivity contribution in [2.75, 3.05) is 0 Å². The molecule has 3 nitrogen and oxygen atoms in total. The molecule has 0 aromatic heterocycles. The topological polar surface area (TPSA) is 49.7 Å². The summed E-state index contributed by atoms with van der Waals surface area (Å²) < 4.78 is 6.01. The molecule has 0 saturated carbocycles. The lowest BCUT2D eigenvalue weighted by molar-refractivity contribution is 0.290. The maximum atomic E-state index is 11.3. The molecule has 0 aliphatic rings. The van der Waals surface area contributed by atoms with Crippen molar-refractivity contribution < 1.29 is 14.9 Å². The quantitative estimate of drug-likeness (QED) is 0.360. The predicted octanol–water partition coefficient (Wildman–Crippen LogP) is 6.65. The lowest BCUT2D eigenvalue weighted by Crippen LogP contribution is -1.97. The monoisotopic (exact) mass is 392 g/mol. The van der Waals surface area contributed by atoms with Crippen LogP contribution in [0.25, 0.3) is 32.7 Å². The molecule has 0 amide bonds. The van der Waals surface area contributed by atoms with Crippen molar-refractivity contribution in [3.63, 3.8) is 0 Å². The number of hydrogen-bond acceptors (Lipinski definition) is 3. The number of phenolic OH excluding ortho intramolecular Hbond substituents is 2. The van der Waals surface area contributed by atoms with E-state index in [4.69, 9.17) is 4.74 Å². The second-order valence-electron chi connectivity index (χ2n) is 7.27. The molecule has 0 bridgehead atoms. The van der Waals surface area contributed by atoms with Crippen LogP contribution in [-0.4, -0.2) is 10.2 Å². The number of ether oxygens (including phenoxy) is 1. The summed E-state index contributed by atoms with van der Waals surface area (Å²) in [6, 6.07) is 30.9. The summed E-state index contributed by atoms with van der Waals surface area (Å²) in [5, 5.41) is 25.7. The van der Waals surface area contributed by atoms with Crippen LogP contribution < -0.4 is 4.74 Å². The molecule has 0 saturated heterocycles. The van der Waals surface area contributed by atoms with Gasteiger partial charge in [-0.2, -0.15) is 0 Å². The van der Waals surface area contributed by atoms with Crippen LogP contribution in [-0.2, 0) is 6.61 Å². The van der Waals surface area contributed by atoms with E-state index in [-0.39, 0.29) is 11.5 Å². The van der Waals surface area contributed by atoms with Gasteiger partial charge >= 0.3 is 0 Å². The zero-order chi connectivity index (χ0) is 20.5. The predicted molar refractivity (Wildman–Crippen MR) is 121 cm³/mol. The van der Waals surface area contributed by atoms with Crippen LogP contribution in [0.2, 0.25) is 0 Å². The Kier molecular flexibility index (Phi) is 4.49.